The predicted octanol–water partition coefficient (Wildman–Crippen LogP) is 2.72. The van der Waals surface area contributed by atoms with Gasteiger partial charge >= 0.3 is 0 Å². The van der Waals surface area contributed by atoms with Crippen LogP contribution in [0.2, 0.25) is 0 Å². The van der Waals surface area contributed by atoms with Gasteiger partial charge in [-0.2, -0.15) is 10.4 Å². The summed E-state index contributed by atoms with van der Waals surface area (Å²) in [6.45, 7) is 3.88. The first-order valence-electron chi connectivity index (χ1n) is 6.37. The van der Waals surface area contributed by atoms with E-state index in [1.165, 1.54) is 0 Å². The van der Waals surface area contributed by atoms with Gasteiger partial charge in [0.15, 0.2) is 0 Å². The van der Waals surface area contributed by atoms with Crippen LogP contribution in [0, 0.1) is 25.2 Å². The molecule has 1 N–H and O–H groups in total. The van der Waals surface area contributed by atoms with Gasteiger partial charge in [-0.05, 0) is 25.5 Å². The molecule has 0 spiro atoms. The third kappa shape index (κ3) is 2.45. The summed E-state index contributed by atoms with van der Waals surface area (Å²) in [6, 6.07) is 9.65. The van der Waals surface area contributed by atoms with Gasteiger partial charge in [0.25, 0.3) is 0 Å². The fraction of sp³-hybridized carbons (Fsp3) is 0.333. The summed E-state index contributed by atoms with van der Waals surface area (Å²) in [5.41, 5.74) is 3.59. The summed E-state index contributed by atoms with van der Waals surface area (Å²) in [5, 5.41) is 17.0. The van der Waals surface area contributed by atoms with Crippen LogP contribution in [-0.4, -0.2) is 16.9 Å². The first-order chi connectivity index (χ1) is 9.58. The van der Waals surface area contributed by atoms with Gasteiger partial charge in [0.05, 0.1) is 24.4 Å². The zero-order chi connectivity index (χ0) is 14.7. The van der Waals surface area contributed by atoms with Crippen LogP contribution in [0.25, 0.3) is 0 Å². The highest BCUT2D eigenvalue weighted by atomic mass is 16.5. The number of hydrogen-bond donors (Lipinski definition) is 1. The SMILES string of the molecule is COc1c(C(C#N)Nc2ccccc2C)c(C)nn1C. The average molecular weight is 270 g/mol. The molecule has 5 heteroatoms. The van der Waals surface area contributed by atoms with Crippen molar-refractivity contribution in [3.63, 3.8) is 0 Å². The van der Waals surface area contributed by atoms with Crippen LogP contribution in [-0.2, 0) is 7.05 Å². The molecular formula is C15H18N4O. The lowest BCUT2D eigenvalue weighted by molar-refractivity contribution is 0.369. The lowest BCUT2D eigenvalue weighted by Crippen LogP contribution is -2.11. The highest BCUT2D eigenvalue weighted by Gasteiger charge is 2.23. The van der Waals surface area contributed by atoms with Crippen LogP contribution in [0.5, 0.6) is 5.88 Å². The van der Waals surface area contributed by atoms with Crippen molar-refractivity contribution in [2.24, 2.45) is 7.05 Å². The third-order valence-electron chi connectivity index (χ3n) is 3.27. The van der Waals surface area contributed by atoms with Crippen LogP contribution < -0.4 is 10.1 Å². The molecule has 2 rings (SSSR count). The summed E-state index contributed by atoms with van der Waals surface area (Å²) in [5.74, 6) is 0.607. The molecule has 5 nitrogen and oxygen atoms in total. The molecule has 0 saturated carbocycles. The Morgan fingerprint density at radius 3 is 2.65 bits per heavy atom. The number of anilines is 1. The number of benzene rings is 1. The van der Waals surface area contributed by atoms with E-state index in [9.17, 15) is 5.26 Å². The summed E-state index contributed by atoms with van der Waals surface area (Å²) < 4.78 is 7.00. The molecule has 2 aromatic rings. The van der Waals surface area contributed by atoms with E-state index in [-0.39, 0.29) is 0 Å². The van der Waals surface area contributed by atoms with E-state index in [2.05, 4.69) is 16.5 Å². The van der Waals surface area contributed by atoms with Crippen LogP contribution in [0.1, 0.15) is 22.9 Å². The first-order valence-corrected chi connectivity index (χ1v) is 6.37. The molecule has 0 amide bonds. The minimum Gasteiger partial charge on any atom is -0.481 e. The quantitative estimate of drug-likeness (QED) is 0.927. The molecule has 1 aromatic heterocycles. The summed E-state index contributed by atoms with van der Waals surface area (Å²) >= 11 is 0. The van der Waals surface area contributed by atoms with E-state index in [1.807, 2.05) is 38.1 Å². The lowest BCUT2D eigenvalue weighted by atomic mass is 10.1. The van der Waals surface area contributed by atoms with Gasteiger partial charge in [0.2, 0.25) is 5.88 Å². The Bertz CT molecular complexity index is 654. The molecule has 0 aliphatic heterocycles. The van der Waals surface area contributed by atoms with Gasteiger partial charge in [-0.15, -0.1) is 0 Å². The minimum absolute atomic E-state index is 0.500. The van der Waals surface area contributed by atoms with E-state index < -0.39 is 6.04 Å². The van der Waals surface area contributed by atoms with E-state index in [0.717, 1.165) is 22.5 Å². The second kappa shape index (κ2) is 5.66. The van der Waals surface area contributed by atoms with E-state index in [0.29, 0.717) is 5.88 Å². The van der Waals surface area contributed by atoms with Crippen molar-refractivity contribution in [3.8, 4) is 11.9 Å². The fourth-order valence-corrected chi connectivity index (χ4v) is 2.29. The number of para-hydroxylation sites is 1. The van der Waals surface area contributed by atoms with Gasteiger partial charge in [-0.3, -0.25) is 0 Å². The highest BCUT2D eigenvalue weighted by Crippen LogP contribution is 2.30. The number of aromatic nitrogens is 2. The van der Waals surface area contributed by atoms with Gasteiger partial charge in [-0.1, -0.05) is 18.2 Å². The molecule has 1 heterocycles. The number of nitrogens with zero attached hydrogens (tertiary/aromatic N) is 3. The van der Waals surface area contributed by atoms with Gasteiger partial charge in [0, 0.05) is 12.7 Å². The van der Waals surface area contributed by atoms with Gasteiger partial charge in [-0.25, -0.2) is 4.68 Å². The summed E-state index contributed by atoms with van der Waals surface area (Å²) in [6.07, 6.45) is 0. The van der Waals surface area contributed by atoms with Crippen molar-refractivity contribution in [1.82, 2.24) is 9.78 Å². The largest absolute Gasteiger partial charge is 0.481 e. The van der Waals surface area contributed by atoms with Crippen LogP contribution in [0.4, 0.5) is 5.69 Å². The zero-order valence-corrected chi connectivity index (χ0v) is 12.1. The third-order valence-corrected chi connectivity index (χ3v) is 3.27. The normalized spacial score (nSPS) is 11.8. The van der Waals surface area contributed by atoms with Crippen LogP contribution in [0.15, 0.2) is 24.3 Å². The monoisotopic (exact) mass is 270 g/mol. The van der Waals surface area contributed by atoms with Crippen LogP contribution >= 0.6 is 0 Å². The summed E-state index contributed by atoms with van der Waals surface area (Å²) in [4.78, 5) is 0. The number of ether oxygens (including phenoxy) is 1. The molecule has 1 aromatic carbocycles. The predicted molar refractivity (Wildman–Crippen MR) is 77.7 cm³/mol. The molecule has 1 atom stereocenters. The number of methoxy groups -OCH3 is 1. The second-order valence-corrected chi connectivity index (χ2v) is 4.65. The highest BCUT2D eigenvalue weighted by molar-refractivity contribution is 5.54. The Kier molecular flexibility index (Phi) is 3.94. The maximum Gasteiger partial charge on any atom is 0.218 e. The lowest BCUT2D eigenvalue weighted by Gasteiger charge is -2.15. The molecule has 1 unspecified atom stereocenters. The molecule has 20 heavy (non-hydrogen) atoms. The fourth-order valence-electron chi connectivity index (χ4n) is 2.29. The number of nitriles is 1. The van der Waals surface area contributed by atoms with Gasteiger partial charge in [0.1, 0.15) is 6.04 Å². The van der Waals surface area contributed by atoms with E-state index in [1.54, 1.807) is 18.8 Å². The van der Waals surface area contributed by atoms with Crippen molar-refractivity contribution in [2.75, 3.05) is 12.4 Å². The molecule has 0 radical (unpaired) electrons. The van der Waals surface area contributed by atoms with Crippen LogP contribution in [0.3, 0.4) is 0 Å². The van der Waals surface area contributed by atoms with E-state index >= 15 is 0 Å². The molecule has 0 aliphatic rings. The number of rotatable bonds is 4. The minimum atomic E-state index is -0.500. The molecule has 0 saturated heterocycles. The Balaban J connectivity index is 2.40. The average Bonchev–Trinajstić information content (AvgIpc) is 2.72. The Hall–Kier alpha value is -2.48. The van der Waals surface area contributed by atoms with Crippen molar-refractivity contribution in [2.45, 2.75) is 19.9 Å². The first kappa shape index (κ1) is 13.9. The molecule has 0 bridgehead atoms. The van der Waals surface area contributed by atoms with Crippen molar-refractivity contribution >= 4 is 5.69 Å². The molecule has 0 fully saturated rings. The Morgan fingerprint density at radius 1 is 1.35 bits per heavy atom. The van der Waals surface area contributed by atoms with E-state index in [4.69, 9.17) is 4.74 Å². The van der Waals surface area contributed by atoms with Crippen molar-refractivity contribution in [1.29, 1.82) is 5.26 Å². The number of hydrogen-bond acceptors (Lipinski definition) is 4. The Morgan fingerprint density at radius 2 is 2.05 bits per heavy atom. The standard InChI is InChI=1S/C15H18N4O/c1-10-7-5-6-8-12(10)17-13(9-16)14-11(2)18-19(3)15(14)20-4/h5-8,13,17H,1-4H3. The van der Waals surface area contributed by atoms with Gasteiger partial charge < -0.3 is 10.1 Å². The summed E-state index contributed by atoms with van der Waals surface area (Å²) in [7, 11) is 3.39. The maximum atomic E-state index is 9.48. The molecular weight excluding hydrogens is 252 g/mol. The second-order valence-electron chi connectivity index (χ2n) is 4.65. The van der Waals surface area contributed by atoms with Crippen molar-refractivity contribution in [3.05, 3.63) is 41.1 Å². The zero-order valence-electron chi connectivity index (χ0n) is 12.1. The Labute approximate surface area is 118 Å². The topological polar surface area (TPSA) is 62.9 Å². The smallest absolute Gasteiger partial charge is 0.218 e. The van der Waals surface area contributed by atoms with Crippen molar-refractivity contribution < 1.29 is 4.74 Å². The molecule has 0 aliphatic carbocycles. The number of aryl methyl sites for hydroxylation is 3. The molecule has 104 valence electrons. The number of nitrogens with one attached hydrogen (secondary N) is 1. The maximum absolute atomic E-state index is 9.48.